The van der Waals surface area contributed by atoms with Crippen LogP contribution in [0.1, 0.15) is 31.2 Å². The van der Waals surface area contributed by atoms with Gasteiger partial charge >= 0.3 is 0 Å². The van der Waals surface area contributed by atoms with Crippen molar-refractivity contribution < 1.29 is 23.9 Å². The number of hydrogen-bond donors (Lipinski definition) is 2. The molecule has 3 rings (SSSR count). The highest BCUT2D eigenvalue weighted by atomic mass is 16.6. The van der Waals surface area contributed by atoms with E-state index in [0.29, 0.717) is 37.7 Å². The van der Waals surface area contributed by atoms with E-state index >= 15 is 0 Å². The molecule has 144 valence electrons. The molecule has 0 unspecified atom stereocenters. The number of nitrogens with one attached hydrogen (secondary N) is 2. The van der Waals surface area contributed by atoms with Crippen molar-refractivity contribution in [2.24, 2.45) is 0 Å². The van der Waals surface area contributed by atoms with Crippen molar-refractivity contribution in [3.8, 4) is 11.5 Å². The standard InChI is InChI=1S/C19H23N3O5/c23-17(8-6-14-5-7-15-16(12-14)27-11-10-26-15)20-21-18(24)13-22-9-3-1-2-4-19(22)25/h5-8,12H,1-4,9-11,13H2,(H,20,23)(H,21,24)/b8-6+. The zero-order chi connectivity index (χ0) is 19.1. The molecule has 1 saturated heterocycles. The third-order valence-electron chi connectivity index (χ3n) is 4.32. The van der Waals surface area contributed by atoms with E-state index in [1.54, 1.807) is 24.3 Å². The van der Waals surface area contributed by atoms with E-state index in [-0.39, 0.29) is 12.5 Å². The van der Waals surface area contributed by atoms with Crippen LogP contribution < -0.4 is 20.3 Å². The third kappa shape index (κ3) is 5.47. The van der Waals surface area contributed by atoms with Crippen LogP contribution in [0.2, 0.25) is 0 Å². The molecule has 1 aromatic carbocycles. The van der Waals surface area contributed by atoms with Gasteiger partial charge in [0, 0.05) is 19.0 Å². The summed E-state index contributed by atoms with van der Waals surface area (Å²) in [5, 5.41) is 0. The Hall–Kier alpha value is -3.03. The fourth-order valence-electron chi connectivity index (χ4n) is 2.93. The molecule has 8 nitrogen and oxygen atoms in total. The first-order valence-corrected chi connectivity index (χ1v) is 9.06. The fraction of sp³-hybridized carbons (Fsp3) is 0.421. The van der Waals surface area contributed by atoms with Crippen molar-refractivity contribution in [1.29, 1.82) is 0 Å². The summed E-state index contributed by atoms with van der Waals surface area (Å²) in [6.45, 7) is 1.54. The topological polar surface area (TPSA) is 97.0 Å². The number of hydrazine groups is 1. The Morgan fingerprint density at radius 1 is 1.07 bits per heavy atom. The van der Waals surface area contributed by atoms with Crippen molar-refractivity contribution >= 4 is 23.8 Å². The summed E-state index contributed by atoms with van der Waals surface area (Å²) in [5.41, 5.74) is 5.42. The second kappa shape index (κ2) is 9.07. The Morgan fingerprint density at radius 3 is 2.74 bits per heavy atom. The molecule has 2 heterocycles. The number of amides is 3. The Bertz CT molecular complexity index is 747. The number of fused-ring (bicyclic) bond motifs is 1. The molecule has 0 spiro atoms. The second-order valence-corrected chi connectivity index (χ2v) is 6.40. The number of rotatable bonds is 4. The summed E-state index contributed by atoms with van der Waals surface area (Å²) in [7, 11) is 0. The van der Waals surface area contributed by atoms with Gasteiger partial charge in [0.15, 0.2) is 11.5 Å². The van der Waals surface area contributed by atoms with Crippen LogP contribution in [-0.4, -0.2) is 48.9 Å². The molecule has 0 bridgehead atoms. The lowest BCUT2D eigenvalue weighted by molar-refractivity contribution is -0.136. The Labute approximate surface area is 157 Å². The number of carbonyl (C=O) groups is 3. The molecule has 1 fully saturated rings. The van der Waals surface area contributed by atoms with E-state index in [1.807, 2.05) is 0 Å². The van der Waals surface area contributed by atoms with Gasteiger partial charge in [0.25, 0.3) is 11.8 Å². The van der Waals surface area contributed by atoms with Crippen LogP contribution in [0.5, 0.6) is 11.5 Å². The second-order valence-electron chi connectivity index (χ2n) is 6.40. The molecule has 3 amide bonds. The molecular weight excluding hydrogens is 350 g/mol. The van der Waals surface area contributed by atoms with E-state index in [4.69, 9.17) is 9.47 Å². The monoisotopic (exact) mass is 373 g/mol. The van der Waals surface area contributed by atoms with Gasteiger partial charge in [-0.15, -0.1) is 0 Å². The van der Waals surface area contributed by atoms with Gasteiger partial charge in [-0.2, -0.15) is 0 Å². The van der Waals surface area contributed by atoms with Crippen LogP contribution in [0.4, 0.5) is 0 Å². The molecular formula is C19H23N3O5. The first-order valence-electron chi connectivity index (χ1n) is 9.06. The quantitative estimate of drug-likeness (QED) is 0.607. The summed E-state index contributed by atoms with van der Waals surface area (Å²) >= 11 is 0. The molecule has 1 aromatic rings. The molecule has 0 aromatic heterocycles. The summed E-state index contributed by atoms with van der Waals surface area (Å²) < 4.78 is 10.9. The predicted molar refractivity (Wildman–Crippen MR) is 97.8 cm³/mol. The number of ether oxygens (including phenoxy) is 2. The molecule has 2 N–H and O–H groups in total. The van der Waals surface area contributed by atoms with Gasteiger partial charge < -0.3 is 14.4 Å². The number of carbonyl (C=O) groups excluding carboxylic acids is 3. The van der Waals surface area contributed by atoms with E-state index in [2.05, 4.69) is 10.9 Å². The highest BCUT2D eigenvalue weighted by molar-refractivity contribution is 5.93. The average molecular weight is 373 g/mol. The number of nitrogens with zero attached hydrogens (tertiary/aromatic N) is 1. The third-order valence-corrected chi connectivity index (χ3v) is 4.32. The zero-order valence-electron chi connectivity index (χ0n) is 15.0. The minimum Gasteiger partial charge on any atom is -0.486 e. The van der Waals surface area contributed by atoms with Gasteiger partial charge in [-0.3, -0.25) is 25.2 Å². The van der Waals surface area contributed by atoms with Gasteiger partial charge in [-0.1, -0.05) is 12.5 Å². The smallest absolute Gasteiger partial charge is 0.262 e. The SMILES string of the molecule is O=C(/C=C/c1ccc2c(c1)OCCO2)NNC(=O)CN1CCCCCC1=O. The van der Waals surface area contributed by atoms with Crippen molar-refractivity contribution in [3.05, 3.63) is 29.8 Å². The van der Waals surface area contributed by atoms with Crippen LogP contribution >= 0.6 is 0 Å². The van der Waals surface area contributed by atoms with Gasteiger partial charge in [0.1, 0.15) is 19.8 Å². The molecule has 0 radical (unpaired) electrons. The molecule has 0 atom stereocenters. The molecule has 0 aliphatic carbocycles. The average Bonchev–Trinajstić information content (AvgIpc) is 2.89. The van der Waals surface area contributed by atoms with Crippen molar-refractivity contribution in [2.75, 3.05) is 26.3 Å². The molecule has 27 heavy (non-hydrogen) atoms. The maximum absolute atomic E-state index is 11.9. The van der Waals surface area contributed by atoms with Gasteiger partial charge in [-0.25, -0.2) is 0 Å². The van der Waals surface area contributed by atoms with Crippen LogP contribution in [0.3, 0.4) is 0 Å². The largest absolute Gasteiger partial charge is 0.486 e. The van der Waals surface area contributed by atoms with Crippen molar-refractivity contribution in [3.63, 3.8) is 0 Å². The summed E-state index contributed by atoms with van der Waals surface area (Å²) in [6, 6.07) is 5.37. The first kappa shape index (κ1) is 18.8. The maximum atomic E-state index is 11.9. The lowest BCUT2D eigenvalue weighted by Crippen LogP contribution is -2.47. The van der Waals surface area contributed by atoms with Crippen LogP contribution in [-0.2, 0) is 14.4 Å². The predicted octanol–water partition coefficient (Wildman–Crippen LogP) is 1.02. The zero-order valence-corrected chi connectivity index (χ0v) is 15.0. The van der Waals surface area contributed by atoms with Crippen molar-refractivity contribution in [1.82, 2.24) is 15.8 Å². The summed E-state index contributed by atoms with van der Waals surface area (Å²) in [6.07, 6.45) is 6.13. The lowest BCUT2D eigenvalue weighted by atomic mass is 10.2. The van der Waals surface area contributed by atoms with E-state index in [9.17, 15) is 14.4 Å². The normalized spacial score (nSPS) is 16.7. The van der Waals surface area contributed by atoms with E-state index in [0.717, 1.165) is 24.8 Å². The van der Waals surface area contributed by atoms with E-state index in [1.165, 1.54) is 11.0 Å². The summed E-state index contributed by atoms with van der Waals surface area (Å²) in [4.78, 5) is 37.2. The van der Waals surface area contributed by atoms with Crippen LogP contribution in [0.15, 0.2) is 24.3 Å². The highest BCUT2D eigenvalue weighted by Gasteiger charge is 2.19. The maximum Gasteiger partial charge on any atom is 0.262 e. The Balaban J connectivity index is 1.45. The minimum atomic E-state index is -0.472. The van der Waals surface area contributed by atoms with Gasteiger partial charge in [0.2, 0.25) is 5.91 Å². The Morgan fingerprint density at radius 2 is 1.89 bits per heavy atom. The first-order chi connectivity index (χ1) is 13.1. The van der Waals surface area contributed by atoms with Crippen molar-refractivity contribution in [2.45, 2.75) is 25.7 Å². The minimum absolute atomic E-state index is 0.0209. The number of likely N-dealkylation sites (tertiary alicyclic amines) is 1. The number of benzene rings is 1. The van der Waals surface area contributed by atoms with Crippen LogP contribution in [0, 0.1) is 0 Å². The molecule has 0 saturated carbocycles. The van der Waals surface area contributed by atoms with E-state index < -0.39 is 11.8 Å². The Kier molecular flexibility index (Phi) is 6.30. The molecule has 8 heteroatoms. The number of hydrogen-bond acceptors (Lipinski definition) is 5. The van der Waals surface area contributed by atoms with Gasteiger partial charge in [0.05, 0.1) is 0 Å². The lowest BCUT2D eigenvalue weighted by Gasteiger charge is -2.19. The fourth-order valence-corrected chi connectivity index (χ4v) is 2.93. The molecule has 2 aliphatic rings. The summed E-state index contributed by atoms with van der Waals surface area (Å²) in [5.74, 6) is 0.400. The molecule has 2 aliphatic heterocycles. The van der Waals surface area contributed by atoms with Gasteiger partial charge in [-0.05, 0) is 36.6 Å². The highest BCUT2D eigenvalue weighted by Crippen LogP contribution is 2.31. The van der Waals surface area contributed by atoms with Crippen LogP contribution in [0.25, 0.3) is 6.08 Å².